The van der Waals surface area contributed by atoms with Crippen LogP contribution in [-0.2, 0) is 12.8 Å². The molecule has 0 atom stereocenters. The highest BCUT2D eigenvalue weighted by Gasteiger charge is 2.32. The summed E-state index contributed by atoms with van der Waals surface area (Å²) in [5.74, 6) is 0.601. The second-order valence-corrected chi connectivity index (χ2v) is 7.13. The van der Waals surface area contributed by atoms with Crippen LogP contribution in [0.1, 0.15) is 37.8 Å². The molecule has 144 valence electrons. The van der Waals surface area contributed by atoms with Crippen LogP contribution in [-0.4, -0.2) is 17.6 Å². The van der Waals surface area contributed by atoms with Crippen molar-refractivity contribution in [2.45, 2.75) is 45.2 Å². The summed E-state index contributed by atoms with van der Waals surface area (Å²) >= 11 is 0. The van der Waals surface area contributed by atoms with Crippen LogP contribution in [0.2, 0.25) is 0 Å². The molecular weight excluding hydrogens is 358 g/mol. The van der Waals surface area contributed by atoms with Crippen molar-refractivity contribution >= 4 is 30.0 Å². The molecule has 0 fully saturated rings. The summed E-state index contributed by atoms with van der Waals surface area (Å²) in [5, 5.41) is 0. The molecule has 3 rings (SSSR count). The number of nitrogens with two attached hydrogens (primary N) is 2. The lowest BCUT2D eigenvalue weighted by atomic mass is 10.0. The van der Waals surface area contributed by atoms with Crippen molar-refractivity contribution in [1.29, 1.82) is 0 Å². The van der Waals surface area contributed by atoms with Gasteiger partial charge < -0.3 is 11.5 Å². The van der Waals surface area contributed by atoms with Gasteiger partial charge in [0, 0.05) is 5.69 Å². The third kappa shape index (κ3) is 5.23. The van der Waals surface area contributed by atoms with Gasteiger partial charge in [-0.05, 0) is 62.8 Å². The Morgan fingerprint density at radius 2 is 1.52 bits per heavy atom. The average Bonchev–Trinajstić information content (AvgIpc) is 2.58. The van der Waals surface area contributed by atoms with Crippen molar-refractivity contribution in [2.24, 2.45) is 21.5 Å². The van der Waals surface area contributed by atoms with Crippen LogP contribution in [0.4, 0.5) is 5.69 Å². The molecule has 0 aromatic heterocycles. The molecule has 1 aliphatic heterocycles. The fraction of sp³-hybridized carbons (Fsp3) is 0.333. The maximum absolute atomic E-state index is 6.13. The number of hydrogen-bond acceptors (Lipinski definition) is 5. The summed E-state index contributed by atoms with van der Waals surface area (Å²) in [6, 6.07) is 19.1. The molecule has 27 heavy (non-hydrogen) atoms. The van der Waals surface area contributed by atoms with Gasteiger partial charge in [0.2, 0.25) is 11.9 Å². The first-order valence-corrected chi connectivity index (χ1v) is 9.08. The molecule has 1 aliphatic rings. The molecule has 6 heteroatoms. The van der Waals surface area contributed by atoms with E-state index in [4.69, 9.17) is 11.5 Å². The normalized spacial score (nSPS) is 15.6. The Kier molecular flexibility index (Phi) is 6.86. The Balaban J connectivity index is 0.00000261. The number of anilines is 1. The highest BCUT2D eigenvalue weighted by atomic mass is 35.5. The fourth-order valence-corrected chi connectivity index (χ4v) is 3.41. The second kappa shape index (κ2) is 8.91. The van der Waals surface area contributed by atoms with Crippen LogP contribution < -0.4 is 16.4 Å². The monoisotopic (exact) mass is 385 g/mol. The summed E-state index contributed by atoms with van der Waals surface area (Å²) in [6.45, 7) is 3.96. The minimum Gasteiger partial charge on any atom is -0.369 e. The Hall–Kier alpha value is -2.53. The quantitative estimate of drug-likeness (QED) is 0.741. The number of benzene rings is 2. The minimum absolute atomic E-state index is 0. The van der Waals surface area contributed by atoms with Crippen LogP contribution in [0.5, 0.6) is 0 Å². The van der Waals surface area contributed by atoms with Crippen molar-refractivity contribution < 1.29 is 0 Å². The molecule has 0 saturated carbocycles. The lowest BCUT2D eigenvalue weighted by molar-refractivity contribution is 0.533. The van der Waals surface area contributed by atoms with Crippen molar-refractivity contribution in [1.82, 2.24) is 0 Å². The Labute approximate surface area is 167 Å². The minimum atomic E-state index is -0.554. The first-order valence-electron chi connectivity index (χ1n) is 9.08. The summed E-state index contributed by atoms with van der Waals surface area (Å²) < 4.78 is 0. The van der Waals surface area contributed by atoms with E-state index in [-0.39, 0.29) is 18.4 Å². The van der Waals surface area contributed by atoms with Crippen molar-refractivity contribution in [3.8, 4) is 0 Å². The highest BCUT2D eigenvalue weighted by molar-refractivity contribution is 6.05. The van der Waals surface area contributed by atoms with Crippen LogP contribution in [0.15, 0.2) is 64.6 Å². The molecule has 1 heterocycles. The van der Waals surface area contributed by atoms with Crippen molar-refractivity contribution in [3.05, 3.63) is 65.7 Å². The van der Waals surface area contributed by atoms with Crippen molar-refractivity contribution in [3.63, 3.8) is 0 Å². The predicted octanol–water partition coefficient (Wildman–Crippen LogP) is 3.86. The SMILES string of the molecule is CC1(C)N=C(N)N=C(N)N1c1cccc(CCCCc2ccccc2)c1.Cl. The van der Waals surface area contributed by atoms with Gasteiger partial charge in [-0.15, -0.1) is 12.4 Å². The van der Waals surface area contributed by atoms with Gasteiger partial charge in [-0.25, -0.2) is 4.99 Å². The Morgan fingerprint density at radius 3 is 2.19 bits per heavy atom. The number of guanidine groups is 2. The number of aliphatic imine (C=N–C) groups is 2. The molecule has 0 bridgehead atoms. The fourth-order valence-electron chi connectivity index (χ4n) is 3.41. The van der Waals surface area contributed by atoms with E-state index in [0.717, 1.165) is 24.9 Å². The van der Waals surface area contributed by atoms with E-state index < -0.39 is 5.66 Å². The molecule has 2 aromatic carbocycles. The number of unbranched alkanes of at least 4 members (excludes halogenated alkanes) is 1. The molecule has 0 saturated heterocycles. The molecule has 0 aliphatic carbocycles. The van der Waals surface area contributed by atoms with Gasteiger partial charge in [0.05, 0.1) is 0 Å². The summed E-state index contributed by atoms with van der Waals surface area (Å²) in [7, 11) is 0. The van der Waals surface area contributed by atoms with Gasteiger partial charge in [0.25, 0.3) is 0 Å². The lowest BCUT2D eigenvalue weighted by Gasteiger charge is -2.38. The van der Waals surface area contributed by atoms with Crippen LogP contribution in [0, 0.1) is 0 Å². The van der Waals surface area contributed by atoms with Crippen LogP contribution in [0.25, 0.3) is 0 Å². The molecule has 0 spiro atoms. The zero-order chi connectivity index (χ0) is 18.6. The standard InChI is InChI=1S/C21H27N5.ClH/c1-21(2)25-19(22)24-20(23)26(21)18-14-8-13-17(15-18)12-7-6-11-16-9-4-3-5-10-16;/h3-5,8-10,13-15H,6-7,11-12H2,1-2H3,(H4,22,23,24,25);1H. The third-order valence-corrected chi connectivity index (χ3v) is 4.59. The van der Waals surface area contributed by atoms with E-state index in [1.54, 1.807) is 0 Å². The number of rotatable bonds is 6. The molecule has 2 aromatic rings. The topological polar surface area (TPSA) is 80.0 Å². The maximum Gasteiger partial charge on any atom is 0.220 e. The number of halogens is 1. The summed E-state index contributed by atoms with van der Waals surface area (Å²) in [5.41, 5.74) is 15.0. The average molecular weight is 386 g/mol. The van der Waals surface area contributed by atoms with Gasteiger partial charge in [0.1, 0.15) is 5.66 Å². The smallest absolute Gasteiger partial charge is 0.220 e. The van der Waals surface area contributed by atoms with Gasteiger partial charge in [-0.3, -0.25) is 4.90 Å². The third-order valence-electron chi connectivity index (χ3n) is 4.59. The number of hydrogen-bond donors (Lipinski definition) is 2. The second-order valence-electron chi connectivity index (χ2n) is 7.13. The van der Waals surface area contributed by atoms with Crippen LogP contribution in [0.3, 0.4) is 0 Å². The lowest BCUT2D eigenvalue weighted by Crippen LogP contribution is -2.54. The molecule has 0 unspecified atom stereocenters. The molecular formula is C21H28ClN5. The van der Waals surface area contributed by atoms with Gasteiger partial charge in [0.15, 0.2) is 0 Å². The zero-order valence-electron chi connectivity index (χ0n) is 15.9. The predicted molar refractivity (Wildman–Crippen MR) is 117 cm³/mol. The number of nitrogens with zero attached hydrogens (tertiary/aromatic N) is 3. The van der Waals surface area contributed by atoms with Crippen molar-refractivity contribution in [2.75, 3.05) is 4.90 Å². The molecule has 4 N–H and O–H groups in total. The summed E-state index contributed by atoms with van der Waals surface area (Å²) in [4.78, 5) is 10.5. The molecule has 5 nitrogen and oxygen atoms in total. The highest BCUT2D eigenvalue weighted by Crippen LogP contribution is 2.28. The Bertz CT molecular complexity index is 814. The van der Waals surface area contributed by atoms with E-state index in [9.17, 15) is 0 Å². The zero-order valence-corrected chi connectivity index (χ0v) is 16.7. The van der Waals surface area contributed by atoms with E-state index in [2.05, 4.69) is 58.5 Å². The summed E-state index contributed by atoms with van der Waals surface area (Å²) in [6.07, 6.45) is 4.48. The van der Waals surface area contributed by atoms with Gasteiger partial charge in [-0.1, -0.05) is 42.5 Å². The van der Waals surface area contributed by atoms with Gasteiger partial charge in [-0.2, -0.15) is 4.99 Å². The molecule has 0 amide bonds. The maximum atomic E-state index is 6.13. The van der Waals surface area contributed by atoms with E-state index >= 15 is 0 Å². The van der Waals surface area contributed by atoms with Crippen LogP contribution >= 0.6 is 12.4 Å². The number of aryl methyl sites for hydroxylation is 2. The van der Waals surface area contributed by atoms with E-state index in [0.29, 0.717) is 5.96 Å². The first kappa shape index (κ1) is 20.8. The Morgan fingerprint density at radius 1 is 0.889 bits per heavy atom. The van der Waals surface area contributed by atoms with Gasteiger partial charge >= 0.3 is 0 Å². The first-order chi connectivity index (χ1) is 12.5. The van der Waals surface area contributed by atoms with E-state index in [1.165, 1.54) is 17.5 Å². The molecule has 0 radical (unpaired) electrons. The largest absolute Gasteiger partial charge is 0.369 e. The van der Waals surface area contributed by atoms with E-state index in [1.807, 2.05) is 24.8 Å².